The van der Waals surface area contributed by atoms with Crippen molar-refractivity contribution < 1.29 is 9.47 Å². The van der Waals surface area contributed by atoms with Gasteiger partial charge in [-0.25, -0.2) is 4.79 Å². The monoisotopic (exact) mass is 296 g/mol. The van der Waals surface area contributed by atoms with E-state index < -0.39 is 0 Å². The van der Waals surface area contributed by atoms with Gasteiger partial charge < -0.3 is 14.5 Å². The van der Waals surface area contributed by atoms with Gasteiger partial charge in [-0.2, -0.15) is 0 Å². The molecule has 0 fully saturated rings. The Balaban J connectivity index is 1.97. The fraction of sp³-hybridized carbons (Fsp3) is 0.118. The van der Waals surface area contributed by atoms with E-state index in [0.717, 1.165) is 28.4 Å². The van der Waals surface area contributed by atoms with Crippen molar-refractivity contribution in [1.82, 2.24) is 9.55 Å². The molecule has 0 unspecified atom stereocenters. The molecule has 22 heavy (non-hydrogen) atoms. The van der Waals surface area contributed by atoms with Crippen molar-refractivity contribution in [2.24, 2.45) is 0 Å². The van der Waals surface area contributed by atoms with Gasteiger partial charge in [-0.15, -0.1) is 0 Å². The molecule has 3 aromatic rings. The lowest BCUT2D eigenvalue weighted by molar-refractivity contribution is 0.414. The summed E-state index contributed by atoms with van der Waals surface area (Å²) in [5.74, 6) is 1.53. The molecule has 0 saturated heterocycles. The molecule has 3 rings (SSSR count). The summed E-state index contributed by atoms with van der Waals surface area (Å²) < 4.78 is 11.8. The lowest BCUT2D eigenvalue weighted by Gasteiger charge is -2.03. The molecule has 112 valence electrons. The minimum absolute atomic E-state index is 0.184. The summed E-state index contributed by atoms with van der Waals surface area (Å²) in [4.78, 5) is 15.0. The van der Waals surface area contributed by atoms with Crippen LogP contribution in [0, 0.1) is 0 Å². The molecule has 1 aromatic heterocycles. The second-order valence-corrected chi connectivity index (χ2v) is 4.77. The number of hydrogen-bond donors (Lipinski definition) is 1. The Hall–Kier alpha value is -2.95. The van der Waals surface area contributed by atoms with Gasteiger partial charge in [0, 0.05) is 6.20 Å². The molecular formula is C17H16N2O3. The van der Waals surface area contributed by atoms with E-state index in [2.05, 4.69) is 4.98 Å². The first-order valence-corrected chi connectivity index (χ1v) is 6.82. The number of benzene rings is 2. The average molecular weight is 296 g/mol. The lowest BCUT2D eigenvalue weighted by Crippen LogP contribution is -2.13. The second kappa shape index (κ2) is 5.81. The van der Waals surface area contributed by atoms with Crippen LogP contribution in [-0.2, 0) is 0 Å². The largest absolute Gasteiger partial charge is 0.497 e. The van der Waals surface area contributed by atoms with E-state index in [0.29, 0.717) is 0 Å². The molecule has 0 atom stereocenters. The van der Waals surface area contributed by atoms with Crippen LogP contribution in [0.25, 0.3) is 16.9 Å². The Morgan fingerprint density at radius 1 is 0.864 bits per heavy atom. The van der Waals surface area contributed by atoms with Gasteiger partial charge in [0.2, 0.25) is 0 Å². The van der Waals surface area contributed by atoms with Gasteiger partial charge in [0.15, 0.2) is 0 Å². The smallest absolute Gasteiger partial charge is 0.330 e. The molecule has 0 aliphatic rings. The summed E-state index contributed by atoms with van der Waals surface area (Å²) in [6, 6.07) is 14.9. The average Bonchev–Trinajstić information content (AvgIpc) is 2.97. The molecule has 5 nitrogen and oxygen atoms in total. The highest BCUT2D eigenvalue weighted by Gasteiger charge is 2.07. The number of hydrogen-bond acceptors (Lipinski definition) is 3. The molecule has 0 radical (unpaired) electrons. The third kappa shape index (κ3) is 2.61. The molecule has 0 saturated carbocycles. The topological polar surface area (TPSA) is 56.2 Å². The standard InChI is InChI=1S/C17H16N2O3/c1-21-14-7-3-12(4-8-14)16-11-19(17(20)18-16)13-5-9-15(22-2)10-6-13/h3-11H,1-2H3,(H,18,20). The maximum Gasteiger partial charge on any atom is 0.330 e. The van der Waals surface area contributed by atoms with E-state index in [9.17, 15) is 4.79 Å². The number of aromatic amines is 1. The summed E-state index contributed by atoms with van der Waals surface area (Å²) in [7, 11) is 3.23. The number of nitrogens with one attached hydrogen (secondary N) is 1. The van der Waals surface area contributed by atoms with Gasteiger partial charge in [0.1, 0.15) is 11.5 Å². The molecule has 5 heteroatoms. The Labute approximate surface area is 127 Å². The van der Waals surface area contributed by atoms with Crippen LogP contribution in [-0.4, -0.2) is 23.8 Å². The molecule has 0 aliphatic heterocycles. The van der Waals surface area contributed by atoms with Gasteiger partial charge in [-0.05, 0) is 54.1 Å². The third-order valence-corrected chi connectivity index (χ3v) is 3.47. The Kier molecular flexibility index (Phi) is 3.70. The SMILES string of the molecule is COc1ccc(-c2cn(-c3ccc(OC)cc3)c(=O)[nH]2)cc1. The first-order chi connectivity index (χ1) is 10.7. The number of ether oxygens (including phenoxy) is 2. The first kappa shape index (κ1) is 14.0. The number of imidazole rings is 1. The van der Waals surface area contributed by atoms with Gasteiger partial charge in [-0.1, -0.05) is 0 Å². The first-order valence-electron chi connectivity index (χ1n) is 6.82. The lowest BCUT2D eigenvalue weighted by atomic mass is 10.1. The quantitative estimate of drug-likeness (QED) is 0.805. The van der Waals surface area contributed by atoms with Crippen LogP contribution in [0.5, 0.6) is 11.5 Å². The van der Waals surface area contributed by atoms with Crippen molar-refractivity contribution in [3.63, 3.8) is 0 Å². The predicted molar refractivity (Wildman–Crippen MR) is 84.9 cm³/mol. The van der Waals surface area contributed by atoms with E-state index in [1.807, 2.05) is 48.5 Å². The van der Waals surface area contributed by atoms with E-state index in [4.69, 9.17) is 9.47 Å². The molecule has 1 N–H and O–H groups in total. The van der Waals surface area contributed by atoms with Crippen LogP contribution in [0.2, 0.25) is 0 Å². The second-order valence-electron chi connectivity index (χ2n) is 4.77. The van der Waals surface area contributed by atoms with Gasteiger partial charge in [0.05, 0.1) is 25.6 Å². The van der Waals surface area contributed by atoms with E-state index in [1.54, 1.807) is 25.0 Å². The van der Waals surface area contributed by atoms with E-state index in [-0.39, 0.29) is 5.69 Å². The Bertz CT molecular complexity index is 814. The van der Waals surface area contributed by atoms with E-state index >= 15 is 0 Å². The van der Waals surface area contributed by atoms with Crippen molar-refractivity contribution in [3.8, 4) is 28.4 Å². The predicted octanol–water partition coefficient (Wildman–Crippen LogP) is 2.85. The zero-order chi connectivity index (χ0) is 15.5. The van der Waals surface area contributed by atoms with Crippen LogP contribution < -0.4 is 15.2 Å². The minimum Gasteiger partial charge on any atom is -0.497 e. The Morgan fingerprint density at radius 2 is 1.41 bits per heavy atom. The van der Waals surface area contributed by atoms with Gasteiger partial charge in [-0.3, -0.25) is 4.57 Å². The maximum absolute atomic E-state index is 12.1. The highest BCUT2D eigenvalue weighted by Crippen LogP contribution is 2.21. The summed E-state index contributed by atoms with van der Waals surface area (Å²) in [5, 5.41) is 0. The number of nitrogens with zero attached hydrogens (tertiary/aromatic N) is 1. The highest BCUT2D eigenvalue weighted by molar-refractivity contribution is 5.60. The molecule has 0 spiro atoms. The Morgan fingerprint density at radius 3 is 1.95 bits per heavy atom. The van der Waals surface area contributed by atoms with Gasteiger partial charge >= 0.3 is 5.69 Å². The fourth-order valence-corrected chi connectivity index (χ4v) is 2.25. The van der Waals surface area contributed by atoms with Crippen molar-refractivity contribution in [1.29, 1.82) is 0 Å². The summed E-state index contributed by atoms with van der Waals surface area (Å²) in [6.45, 7) is 0. The molecule has 0 bridgehead atoms. The van der Waals surface area contributed by atoms with Gasteiger partial charge in [0.25, 0.3) is 0 Å². The molecule has 0 aliphatic carbocycles. The number of rotatable bonds is 4. The van der Waals surface area contributed by atoms with Crippen LogP contribution >= 0.6 is 0 Å². The van der Waals surface area contributed by atoms with E-state index in [1.165, 1.54) is 0 Å². The van der Waals surface area contributed by atoms with Crippen LogP contribution in [0.15, 0.2) is 59.5 Å². The zero-order valence-electron chi connectivity index (χ0n) is 12.4. The summed E-state index contributed by atoms with van der Waals surface area (Å²) in [5.41, 5.74) is 2.27. The zero-order valence-corrected chi connectivity index (χ0v) is 12.4. The molecular weight excluding hydrogens is 280 g/mol. The molecule has 1 heterocycles. The summed E-state index contributed by atoms with van der Waals surface area (Å²) >= 11 is 0. The van der Waals surface area contributed by atoms with Crippen molar-refractivity contribution >= 4 is 0 Å². The van der Waals surface area contributed by atoms with Crippen molar-refractivity contribution in [3.05, 3.63) is 65.2 Å². The third-order valence-electron chi connectivity index (χ3n) is 3.47. The van der Waals surface area contributed by atoms with Crippen LogP contribution in [0.3, 0.4) is 0 Å². The van der Waals surface area contributed by atoms with Crippen molar-refractivity contribution in [2.75, 3.05) is 14.2 Å². The van der Waals surface area contributed by atoms with Crippen LogP contribution in [0.1, 0.15) is 0 Å². The number of H-pyrrole nitrogens is 1. The molecule has 2 aromatic carbocycles. The molecule has 0 amide bonds. The summed E-state index contributed by atoms with van der Waals surface area (Å²) in [6.07, 6.45) is 1.78. The maximum atomic E-state index is 12.1. The fourth-order valence-electron chi connectivity index (χ4n) is 2.25. The normalized spacial score (nSPS) is 10.5. The number of methoxy groups -OCH3 is 2. The van der Waals surface area contributed by atoms with Crippen LogP contribution in [0.4, 0.5) is 0 Å². The highest BCUT2D eigenvalue weighted by atomic mass is 16.5. The van der Waals surface area contributed by atoms with Crippen molar-refractivity contribution in [2.45, 2.75) is 0 Å². The minimum atomic E-state index is -0.184. The number of aromatic nitrogens is 2.